The second-order valence-electron chi connectivity index (χ2n) is 7.39. The zero-order valence-electron chi connectivity index (χ0n) is 15.7. The highest BCUT2D eigenvalue weighted by Crippen LogP contribution is 2.36. The molecule has 2 aliphatic rings. The van der Waals surface area contributed by atoms with Crippen molar-refractivity contribution in [2.24, 2.45) is 0 Å². The second-order valence-corrected chi connectivity index (χ2v) is 10.0. The second kappa shape index (κ2) is 7.53. The summed E-state index contributed by atoms with van der Waals surface area (Å²) in [5.41, 5.74) is 2.20. The molecule has 2 aromatic heterocycles. The van der Waals surface area contributed by atoms with Crippen LogP contribution >= 0.6 is 11.3 Å². The molecule has 0 aliphatic carbocycles. The molecule has 1 aromatic carbocycles. The number of rotatable bonds is 4. The SMILES string of the molecule is O=S1(=O)c2cccnc2O[C@@H]2CN(Cc3ccsc3)C[C@@H]2N1Cc1ccccc1. The standard InChI is InChI=1S/C21H21N3O3S2/c25-29(26)20-7-4-9-22-21(20)27-19-14-23(11-17-8-10-28-15-17)13-18(19)24(29)12-16-5-2-1-3-6-16/h1-10,15,18-19H,11-14H2/t18-,19+/m0/s1. The molecule has 1 fully saturated rings. The van der Waals surface area contributed by atoms with Gasteiger partial charge in [-0.1, -0.05) is 30.3 Å². The van der Waals surface area contributed by atoms with E-state index in [1.54, 1.807) is 34.0 Å². The fourth-order valence-electron chi connectivity index (χ4n) is 4.07. The Balaban J connectivity index is 1.52. The summed E-state index contributed by atoms with van der Waals surface area (Å²) in [4.78, 5) is 6.64. The maximum Gasteiger partial charge on any atom is 0.249 e. The van der Waals surface area contributed by atoms with E-state index in [1.165, 1.54) is 5.56 Å². The van der Waals surface area contributed by atoms with Crippen LogP contribution in [-0.4, -0.2) is 47.8 Å². The number of likely N-dealkylation sites (tertiary alicyclic amines) is 1. The molecule has 3 aromatic rings. The van der Waals surface area contributed by atoms with Crippen LogP contribution in [-0.2, 0) is 23.1 Å². The molecule has 2 aliphatic heterocycles. The summed E-state index contributed by atoms with van der Waals surface area (Å²) in [6.07, 6.45) is 1.32. The Morgan fingerprint density at radius 2 is 1.90 bits per heavy atom. The lowest BCUT2D eigenvalue weighted by molar-refractivity contribution is 0.144. The molecule has 150 valence electrons. The molecule has 29 heavy (non-hydrogen) atoms. The Kier molecular flexibility index (Phi) is 4.87. The fraction of sp³-hybridized carbons (Fsp3) is 0.286. The van der Waals surface area contributed by atoms with Crippen LogP contribution in [0.4, 0.5) is 0 Å². The molecule has 4 heterocycles. The van der Waals surface area contributed by atoms with Crippen LogP contribution in [0.2, 0.25) is 0 Å². The monoisotopic (exact) mass is 427 g/mol. The number of nitrogens with zero attached hydrogens (tertiary/aromatic N) is 3. The average Bonchev–Trinajstić information content (AvgIpc) is 3.36. The lowest BCUT2D eigenvalue weighted by atomic mass is 10.1. The van der Waals surface area contributed by atoms with Crippen molar-refractivity contribution in [3.05, 3.63) is 76.6 Å². The lowest BCUT2D eigenvalue weighted by Gasteiger charge is -2.28. The lowest BCUT2D eigenvalue weighted by Crippen LogP contribution is -2.46. The molecule has 0 spiro atoms. The number of hydrogen-bond donors (Lipinski definition) is 0. The first-order chi connectivity index (χ1) is 14.1. The van der Waals surface area contributed by atoms with Crippen molar-refractivity contribution in [3.8, 4) is 5.88 Å². The number of sulfonamides is 1. The minimum atomic E-state index is -3.74. The van der Waals surface area contributed by atoms with E-state index in [2.05, 4.69) is 26.7 Å². The van der Waals surface area contributed by atoms with Gasteiger partial charge in [0.15, 0.2) is 0 Å². The Morgan fingerprint density at radius 1 is 1.03 bits per heavy atom. The van der Waals surface area contributed by atoms with Crippen molar-refractivity contribution >= 4 is 21.4 Å². The van der Waals surface area contributed by atoms with Crippen LogP contribution in [0.1, 0.15) is 11.1 Å². The maximum absolute atomic E-state index is 13.6. The van der Waals surface area contributed by atoms with E-state index in [9.17, 15) is 8.42 Å². The molecular weight excluding hydrogens is 406 g/mol. The summed E-state index contributed by atoms with van der Waals surface area (Å²) in [7, 11) is -3.74. The van der Waals surface area contributed by atoms with E-state index < -0.39 is 10.0 Å². The van der Waals surface area contributed by atoms with Gasteiger partial charge in [0, 0.05) is 32.4 Å². The van der Waals surface area contributed by atoms with Crippen molar-refractivity contribution in [2.45, 2.75) is 30.1 Å². The molecule has 0 radical (unpaired) electrons. The minimum absolute atomic E-state index is 0.148. The quantitative estimate of drug-likeness (QED) is 0.641. The largest absolute Gasteiger partial charge is 0.470 e. The highest BCUT2D eigenvalue weighted by atomic mass is 32.2. The first-order valence-corrected chi connectivity index (χ1v) is 11.9. The van der Waals surface area contributed by atoms with Gasteiger partial charge in [0.05, 0.1) is 6.04 Å². The van der Waals surface area contributed by atoms with Crippen LogP contribution in [0.25, 0.3) is 0 Å². The first kappa shape index (κ1) is 18.7. The van der Waals surface area contributed by atoms with E-state index in [1.807, 2.05) is 30.3 Å². The van der Waals surface area contributed by atoms with Gasteiger partial charge in [-0.2, -0.15) is 15.6 Å². The highest BCUT2D eigenvalue weighted by molar-refractivity contribution is 7.89. The van der Waals surface area contributed by atoms with Crippen molar-refractivity contribution in [2.75, 3.05) is 13.1 Å². The molecule has 0 saturated carbocycles. The van der Waals surface area contributed by atoms with Gasteiger partial charge in [-0.05, 0) is 40.1 Å². The number of ether oxygens (including phenoxy) is 1. The number of fused-ring (bicyclic) bond motifs is 2. The zero-order valence-corrected chi connectivity index (χ0v) is 17.3. The van der Waals surface area contributed by atoms with E-state index in [4.69, 9.17) is 4.74 Å². The molecule has 0 bridgehead atoms. The predicted octanol–water partition coefficient (Wildman–Crippen LogP) is 2.98. The van der Waals surface area contributed by atoms with E-state index >= 15 is 0 Å². The van der Waals surface area contributed by atoms with E-state index in [0.717, 1.165) is 12.1 Å². The summed E-state index contributed by atoms with van der Waals surface area (Å²) in [5, 5.41) is 4.19. The van der Waals surface area contributed by atoms with Gasteiger partial charge in [0.2, 0.25) is 15.9 Å². The van der Waals surface area contributed by atoms with Crippen molar-refractivity contribution < 1.29 is 13.2 Å². The molecule has 8 heteroatoms. The molecule has 0 amide bonds. The van der Waals surface area contributed by atoms with Gasteiger partial charge < -0.3 is 4.74 Å². The fourth-order valence-corrected chi connectivity index (χ4v) is 6.43. The van der Waals surface area contributed by atoms with Crippen LogP contribution < -0.4 is 4.74 Å². The normalized spacial score (nSPS) is 23.7. The van der Waals surface area contributed by atoms with Crippen molar-refractivity contribution in [1.29, 1.82) is 0 Å². The molecule has 2 atom stereocenters. The van der Waals surface area contributed by atoms with Gasteiger partial charge in [0.1, 0.15) is 11.0 Å². The van der Waals surface area contributed by atoms with Gasteiger partial charge >= 0.3 is 0 Å². The van der Waals surface area contributed by atoms with Gasteiger partial charge in [0.25, 0.3) is 0 Å². The van der Waals surface area contributed by atoms with Crippen molar-refractivity contribution in [3.63, 3.8) is 0 Å². The number of hydrogen-bond acceptors (Lipinski definition) is 6. The Bertz CT molecular complexity index is 1090. The number of benzene rings is 1. The van der Waals surface area contributed by atoms with Gasteiger partial charge in [-0.25, -0.2) is 13.4 Å². The van der Waals surface area contributed by atoms with E-state index in [-0.39, 0.29) is 22.9 Å². The molecule has 6 nitrogen and oxygen atoms in total. The third-order valence-corrected chi connectivity index (χ3v) is 8.05. The predicted molar refractivity (Wildman–Crippen MR) is 111 cm³/mol. The van der Waals surface area contributed by atoms with Gasteiger partial charge in [-0.15, -0.1) is 0 Å². The van der Waals surface area contributed by atoms with Crippen LogP contribution in [0.5, 0.6) is 5.88 Å². The third-order valence-electron chi connectivity index (χ3n) is 5.44. The summed E-state index contributed by atoms with van der Waals surface area (Å²) >= 11 is 1.67. The zero-order chi connectivity index (χ0) is 19.8. The molecule has 5 rings (SSSR count). The Labute approximate surface area is 174 Å². The number of pyridine rings is 1. The van der Waals surface area contributed by atoms with Crippen LogP contribution in [0, 0.1) is 0 Å². The molecule has 0 N–H and O–H groups in total. The smallest absolute Gasteiger partial charge is 0.249 e. The van der Waals surface area contributed by atoms with E-state index in [0.29, 0.717) is 19.6 Å². The minimum Gasteiger partial charge on any atom is -0.470 e. The number of thiophene rings is 1. The first-order valence-electron chi connectivity index (χ1n) is 9.52. The van der Waals surface area contributed by atoms with Crippen LogP contribution in [0.3, 0.4) is 0 Å². The Morgan fingerprint density at radius 3 is 2.69 bits per heavy atom. The topological polar surface area (TPSA) is 62.7 Å². The summed E-state index contributed by atoms with van der Waals surface area (Å²) in [5.74, 6) is 0.204. The third kappa shape index (κ3) is 3.57. The highest BCUT2D eigenvalue weighted by Gasteiger charge is 2.47. The van der Waals surface area contributed by atoms with Crippen molar-refractivity contribution in [1.82, 2.24) is 14.2 Å². The summed E-state index contributed by atoms with van der Waals surface area (Å²) in [6.45, 7) is 2.39. The summed E-state index contributed by atoms with van der Waals surface area (Å²) in [6, 6.07) is 14.8. The molecular formula is C21H21N3O3S2. The Hall–Kier alpha value is -2.26. The average molecular weight is 428 g/mol. The number of aromatic nitrogens is 1. The molecule has 0 unspecified atom stereocenters. The van der Waals surface area contributed by atoms with Gasteiger partial charge in [-0.3, -0.25) is 4.90 Å². The van der Waals surface area contributed by atoms with Crippen LogP contribution in [0.15, 0.2) is 70.4 Å². The summed E-state index contributed by atoms with van der Waals surface area (Å²) < 4.78 is 34.9. The maximum atomic E-state index is 13.6. The molecule has 1 saturated heterocycles.